The minimum atomic E-state index is -0.788. The standard InChI is InChI=1S/C28H43BrO2/c1-22(18-19-26-24(3)16-13-20-28(26,4)5)14-12-15-23(2)25(27(30)31)17-10-8-6-7-9-11-21-29/h12,14-15,18-19H,6-11,13,16-17,20-21H2,1-5H3,(H,30,31)/b15-12+,19-18+,22-14+,25-23+. The van der Waals surface area contributed by atoms with E-state index >= 15 is 0 Å². The van der Waals surface area contributed by atoms with Gasteiger partial charge in [-0.15, -0.1) is 0 Å². The third kappa shape index (κ3) is 10.7. The highest BCUT2D eigenvalue weighted by molar-refractivity contribution is 9.09. The summed E-state index contributed by atoms with van der Waals surface area (Å²) in [4.78, 5) is 11.7. The van der Waals surface area contributed by atoms with E-state index in [1.54, 1.807) is 0 Å². The van der Waals surface area contributed by atoms with Crippen molar-refractivity contribution in [3.8, 4) is 0 Å². The first-order valence-corrected chi connectivity index (χ1v) is 13.0. The predicted molar refractivity (Wildman–Crippen MR) is 139 cm³/mol. The van der Waals surface area contributed by atoms with Crippen molar-refractivity contribution >= 4 is 21.9 Å². The number of carbonyl (C=O) groups is 1. The van der Waals surface area contributed by atoms with Gasteiger partial charge in [-0.2, -0.15) is 0 Å². The molecule has 0 saturated carbocycles. The lowest BCUT2D eigenvalue weighted by Crippen LogP contribution is -2.19. The third-order valence-electron chi connectivity index (χ3n) is 6.31. The summed E-state index contributed by atoms with van der Waals surface area (Å²) in [6, 6.07) is 0. The highest BCUT2D eigenvalue weighted by Gasteiger charge is 2.26. The van der Waals surface area contributed by atoms with Crippen LogP contribution in [0.2, 0.25) is 0 Å². The van der Waals surface area contributed by atoms with Crippen molar-refractivity contribution in [2.24, 2.45) is 5.41 Å². The van der Waals surface area contributed by atoms with Crippen LogP contribution in [0, 0.1) is 5.41 Å². The number of allylic oxidation sites excluding steroid dienone is 9. The molecule has 0 radical (unpaired) electrons. The van der Waals surface area contributed by atoms with E-state index in [1.807, 2.05) is 19.1 Å². The van der Waals surface area contributed by atoms with Gasteiger partial charge < -0.3 is 5.11 Å². The van der Waals surface area contributed by atoms with Crippen LogP contribution in [0.5, 0.6) is 0 Å². The molecule has 0 aromatic carbocycles. The van der Waals surface area contributed by atoms with Gasteiger partial charge in [0, 0.05) is 10.9 Å². The number of carboxylic acids is 1. The number of aliphatic carboxylic acids is 1. The van der Waals surface area contributed by atoms with Crippen LogP contribution in [0.25, 0.3) is 0 Å². The summed E-state index contributed by atoms with van der Waals surface area (Å²) < 4.78 is 0. The van der Waals surface area contributed by atoms with Crippen LogP contribution in [-0.2, 0) is 4.79 Å². The number of hydrogen-bond acceptors (Lipinski definition) is 1. The summed E-state index contributed by atoms with van der Waals surface area (Å²) in [5, 5.41) is 10.7. The topological polar surface area (TPSA) is 37.3 Å². The molecule has 0 aromatic rings. The van der Waals surface area contributed by atoms with Crippen molar-refractivity contribution in [1.29, 1.82) is 0 Å². The van der Waals surface area contributed by atoms with E-state index in [0.717, 1.165) is 23.7 Å². The summed E-state index contributed by atoms with van der Waals surface area (Å²) in [6.45, 7) is 10.9. The SMILES string of the molecule is CC1=C(/C=C/C(C)=C/C=C/C(C)=C(\CCCCCCCCBr)C(=O)O)C(C)(C)CCC1. The monoisotopic (exact) mass is 490 g/mol. The summed E-state index contributed by atoms with van der Waals surface area (Å²) >= 11 is 3.46. The molecule has 3 heteroatoms. The Morgan fingerprint density at radius 1 is 1.06 bits per heavy atom. The summed E-state index contributed by atoms with van der Waals surface area (Å²) in [5.41, 5.74) is 5.79. The Hall–Kier alpha value is -1.35. The van der Waals surface area contributed by atoms with Crippen LogP contribution >= 0.6 is 15.9 Å². The van der Waals surface area contributed by atoms with Crippen LogP contribution in [-0.4, -0.2) is 16.4 Å². The van der Waals surface area contributed by atoms with Crippen molar-refractivity contribution in [2.45, 2.75) is 98.8 Å². The minimum absolute atomic E-state index is 0.249. The van der Waals surface area contributed by atoms with Gasteiger partial charge in [-0.3, -0.25) is 0 Å². The van der Waals surface area contributed by atoms with Crippen molar-refractivity contribution in [3.05, 3.63) is 58.2 Å². The third-order valence-corrected chi connectivity index (χ3v) is 6.87. The normalized spacial score (nSPS) is 18.2. The molecule has 0 amide bonds. The van der Waals surface area contributed by atoms with E-state index in [0.29, 0.717) is 12.0 Å². The first kappa shape index (κ1) is 27.7. The van der Waals surface area contributed by atoms with Gasteiger partial charge in [-0.1, -0.05) is 97.0 Å². The number of carboxylic acid groups (broad SMARTS) is 1. The van der Waals surface area contributed by atoms with Crippen molar-refractivity contribution < 1.29 is 9.90 Å². The molecule has 0 unspecified atom stereocenters. The quantitative estimate of drug-likeness (QED) is 0.121. The molecular formula is C28H43BrO2. The fourth-order valence-corrected chi connectivity index (χ4v) is 4.70. The minimum Gasteiger partial charge on any atom is -0.478 e. The molecule has 174 valence electrons. The Balaban J connectivity index is 2.67. The maximum Gasteiger partial charge on any atom is 0.331 e. The van der Waals surface area contributed by atoms with Gasteiger partial charge in [0.1, 0.15) is 0 Å². The Labute approximate surface area is 199 Å². The fraction of sp³-hybridized carbons (Fsp3) is 0.607. The first-order valence-electron chi connectivity index (χ1n) is 11.9. The number of alkyl halides is 1. The molecule has 0 atom stereocenters. The van der Waals surface area contributed by atoms with Gasteiger partial charge in [0.2, 0.25) is 0 Å². The van der Waals surface area contributed by atoms with Crippen LogP contribution in [0.15, 0.2) is 58.2 Å². The lowest BCUT2D eigenvalue weighted by molar-refractivity contribution is -0.132. The largest absolute Gasteiger partial charge is 0.478 e. The van der Waals surface area contributed by atoms with Crippen LogP contribution < -0.4 is 0 Å². The number of hydrogen-bond donors (Lipinski definition) is 1. The zero-order valence-electron chi connectivity index (χ0n) is 20.4. The van der Waals surface area contributed by atoms with E-state index in [2.05, 4.69) is 61.9 Å². The molecule has 1 aliphatic rings. The van der Waals surface area contributed by atoms with Gasteiger partial charge in [-0.25, -0.2) is 4.79 Å². The molecule has 0 heterocycles. The molecule has 0 spiro atoms. The van der Waals surface area contributed by atoms with Crippen LogP contribution in [0.3, 0.4) is 0 Å². The molecule has 0 aromatic heterocycles. The Morgan fingerprint density at radius 2 is 1.71 bits per heavy atom. The molecule has 31 heavy (non-hydrogen) atoms. The highest BCUT2D eigenvalue weighted by atomic mass is 79.9. The van der Waals surface area contributed by atoms with Crippen molar-refractivity contribution in [1.82, 2.24) is 0 Å². The zero-order valence-corrected chi connectivity index (χ0v) is 22.0. The highest BCUT2D eigenvalue weighted by Crippen LogP contribution is 2.40. The Bertz CT molecular complexity index is 732. The van der Waals surface area contributed by atoms with E-state index < -0.39 is 5.97 Å². The van der Waals surface area contributed by atoms with E-state index in [1.165, 1.54) is 61.7 Å². The van der Waals surface area contributed by atoms with Crippen LogP contribution in [0.4, 0.5) is 0 Å². The van der Waals surface area contributed by atoms with Gasteiger partial charge in [0.05, 0.1) is 0 Å². The average molecular weight is 492 g/mol. The molecular weight excluding hydrogens is 448 g/mol. The zero-order chi connectivity index (χ0) is 23.3. The van der Waals surface area contributed by atoms with E-state index in [4.69, 9.17) is 0 Å². The van der Waals surface area contributed by atoms with Crippen molar-refractivity contribution in [3.63, 3.8) is 0 Å². The lowest BCUT2D eigenvalue weighted by Gasteiger charge is -2.32. The number of halogens is 1. The smallest absolute Gasteiger partial charge is 0.331 e. The lowest BCUT2D eigenvalue weighted by atomic mass is 9.72. The summed E-state index contributed by atoms with van der Waals surface area (Å²) in [7, 11) is 0. The van der Waals surface area contributed by atoms with Gasteiger partial charge >= 0.3 is 5.97 Å². The molecule has 0 saturated heterocycles. The van der Waals surface area contributed by atoms with Crippen molar-refractivity contribution in [2.75, 3.05) is 5.33 Å². The second-order valence-corrected chi connectivity index (χ2v) is 10.4. The second kappa shape index (κ2) is 14.7. The van der Waals surface area contributed by atoms with E-state index in [9.17, 15) is 9.90 Å². The Morgan fingerprint density at radius 3 is 2.32 bits per heavy atom. The second-order valence-electron chi connectivity index (χ2n) is 9.56. The molecule has 0 fully saturated rings. The molecule has 1 aliphatic carbocycles. The maximum absolute atomic E-state index is 11.7. The fourth-order valence-electron chi connectivity index (χ4n) is 4.30. The number of unbranched alkanes of at least 4 members (excludes halogenated alkanes) is 5. The molecule has 1 rings (SSSR count). The molecule has 1 N–H and O–H groups in total. The molecule has 0 bridgehead atoms. The number of rotatable bonds is 13. The molecule has 2 nitrogen and oxygen atoms in total. The summed E-state index contributed by atoms with van der Waals surface area (Å²) in [5.74, 6) is -0.788. The summed E-state index contributed by atoms with van der Waals surface area (Å²) in [6.07, 6.45) is 21.8. The van der Waals surface area contributed by atoms with Gasteiger partial charge in [0.25, 0.3) is 0 Å². The maximum atomic E-state index is 11.7. The van der Waals surface area contributed by atoms with Gasteiger partial charge in [0.15, 0.2) is 0 Å². The van der Waals surface area contributed by atoms with Gasteiger partial charge in [-0.05, 0) is 75.9 Å². The van der Waals surface area contributed by atoms with Crippen LogP contribution in [0.1, 0.15) is 98.8 Å². The average Bonchev–Trinajstić information content (AvgIpc) is 2.68. The molecule has 0 aliphatic heterocycles. The first-order chi connectivity index (χ1) is 14.7. The van der Waals surface area contributed by atoms with E-state index in [-0.39, 0.29) is 5.41 Å². The Kier molecular flexibility index (Phi) is 13.1. The predicted octanol–water partition coefficient (Wildman–Crippen LogP) is 9.10.